The second-order valence-corrected chi connectivity index (χ2v) is 7.59. The van der Waals surface area contributed by atoms with E-state index in [1.807, 2.05) is 24.3 Å². The van der Waals surface area contributed by atoms with Gasteiger partial charge in [-0.05, 0) is 24.5 Å². The number of carboxylic acids is 1. The first-order valence-electron chi connectivity index (χ1n) is 10.4. The van der Waals surface area contributed by atoms with Gasteiger partial charge in [-0.1, -0.05) is 18.2 Å². The Morgan fingerprint density at radius 1 is 1.03 bits per heavy atom. The molecule has 0 saturated heterocycles. The van der Waals surface area contributed by atoms with E-state index in [-0.39, 0.29) is 19.3 Å². The maximum atomic E-state index is 12.3. The van der Waals surface area contributed by atoms with Crippen LogP contribution in [0.25, 0.3) is 10.9 Å². The Kier molecular flexibility index (Phi) is 9.52. The number of benzene rings is 1. The van der Waals surface area contributed by atoms with Crippen LogP contribution in [0, 0.1) is 0 Å². The smallest absolute Gasteiger partial charge is 0.328 e. The number of amides is 4. The molecule has 3 atom stereocenters. The Bertz CT molecular complexity index is 1050. The number of rotatable bonds is 13. The van der Waals surface area contributed by atoms with Crippen LogP contribution in [0.3, 0.4) is 0 Å². The Hall–Kier alpha value is -3.97. The van der Waals surface area contributed by atoms with Gasteiger partial charge in [0.1, 0.15) is 12.1 Å². The van der Waals surface area contributed by atoms with Crippen LogP contribution in [0.2, 0.25) is 0 Å². The third-order valence-electron chi connectivity index (χ3n) is 5.00. The lowest BCUT2D eigenvalue weighted by Crippen LogP contribution is -2.54. The molecule has 2 rings (SSSR count). The molecule has 1 aromatic heterocycles. The molecule has 2 aromatic rings. The van der Waals surface area contributed by atoms with E-state index in [2.05, 4.69) is 20.9 Å². The summed E-state index contributed by atoms with van der Waals surface area (Å²) in [5, 5.41) is 25.7. The topological polar surface area (TPSA) is 230 Å². The Labute approximate surface area is 194 Å². The van der Waals surface area contributed by atoms with Crippen LogP contribution < -0.4 is 27.4 Å². The van der Waals surface area contributed by atoms with Gasteiger partial charge in [0.05, 0.1) is 19.2 Å². The molecule has 0 aliphatic heterocycles. The van der Waals surface area contributed by atoms with Crippen molar-refractivity contribution in [1.82, 2.24) is 20.9 Å². The van der Waals surface area contributed by atoms with Gasteiger partial charge in [0.15, 0.2) is 0 Å². The first-order valence-corrected chi connectivity index (χ1v) is 10.4. The number of nitrogens with one attached hydrogen (secondary N) is 4. The first kappa shape index (κ1) is 26.3. The van der Waals surface area contributed by atoms with Crippen LogP contribution in [0.4, 0.5) is 0 Å². The fourth-order valence-electron chi connectivity index (χ4n) is 3.19. The zero-order chi connectivity index (χ0) is 25.3. The molecule has 0 bridgehead atoms. The highest BCUT2D eigenvalue weighted by molar-refractivity contribution is 5.93. The van der Waals surface area contributed by atoms with Crippen LogP contribution >= 0.6 is 0 Å². The number of fused-ring (bicyclic) bond motifs is 1. The minimum atomic E-state index is -1.59. The molecular weight excluding hydrogens is 448 g/mol. The van der Waals surface area contributed by atoms with Crippen molar-refractivity contribution in [2.24, 2.45) is 11.5 Å². The van der Waals surface area contributed by atoms with E-state index in [0.29, 0.717) is 0 Å². The molecule has 0 fully saturated rings. The number of para-hydroxylation sites is 1. The molecule has 0 radical (unpaired) electrons. The van der Waals surface area contributed by atoms with Crippen molar-refractivity contribution in [3.8, 4) is 0 Å². The summed E-state index contributed by atoms with van der Waals surface area (Å²) < 4.78 is 0. The highest BCUT2D eigenvalue weighted by atomic mass is 16.4. The monoisotopic (exact) mass is 476 g/mol. The standard InChI is InChI=1S/C21H28N6O7/c22-13(7-11-8-24-14-4-2-1-3-12(11)14)19(31)25-9-18(30)26-15(5-6-17(23)29)20(32)27-16(10-28)21(33)34/h1-4,8,13,15-16,24,28H,5-7,9-10,22H2,(H2,23,29)(H,25,31)(H,26,30)(H,27,32)(H,33,34). The van der Waals surface area contributed by atoms with E-state index in [9.17, 15) is 24.0 Å². The highest BCUT2D eigenvalue weighted by Crippen LogP contribution is 2.18. The van der Waals surface area contributed by atoms with Crippen molar-refractivity contribution in [2.45, 2.75) is 37.4 Å². The van der Waals surface area contributed by atoms with E-state index in [0.717, 1.165) is 16.5 Å². The number of primary amides is 1. The fraction of sp³-hybridized carbons (Fsp3) is 0.381. The van der Waals surface area contributed by atoms with E-state index < -0.39 is 60.9 Å². The van der Waals surface area contributed by atoms with Crippen molar-refractivity contribution in [3.05, 3.63) is 36.0 Å². The van der Waals surface area contributed by atoms with Crippen LogP contribution in [0.1, 0.15) is 18.4 Å². The summed E-state index contributed by atoms with van der Waals surface area (Å²) in [5.41, 5.74) is 12.8. The van der Waals surface area contributed by atoms with Gasteiger partial charge in [0.25, 0.3) is 0 Å². The summed E-state index contributed by atoms with van der Waals surface area (Å²) in [4.78, 5) is 62.1. The summed E-state index contributed by atoms with van der Waals surface area (Å²) in [6, 6.07) is 3.66. The number of carbonyl (C=O) groups is 5. The summed E-state index contributed by atoms with van der Waals surface area (Å²) in [6.45, 7) is -1.38. The maximum absolute atomic E-state index is 12.3. The van der Waals surface area contributed by atoms with Gasteiger partial charge in [-0.3, -0.25) is 19.2 Å². The molecule has 10 N–H and O–H groups in total. The number of aliphatic carboxylic acids is 1. The average Bonchev–Trinajstić information content (AvgIpc) is 3.20. The fourth-order valence-corrected chi connectivity index (χ4v) is 3.19. The summed E-state index contributed by atoms with van der Waals surface area (Å²) in [6.07, 6.45) is 1.50. The molecule has 13 heteroatoms. The van der Waals surface area contributed by atoms with Gasteiger partial charge >= 0.3 is 5.97 Å². The van der Waals surface area contributed by atoms with Gasteiger partial charge in [-0.2, -0.15) is 0 Å². The van der Waals surface area contributed by atoms with Gasteiger partial charge in [0, 0.05) is 23.5 Å². The number of carbonyl (C=O) groups excluding carboxylic acids is 4. The number of hydrogen-bond acceptors (Lipinski definition) is 7. The zero-order valence-corrected chi connectivity index (χ0v) is 18.2. The van der Waals surface area contributed by atoms with Crippen molar-refractivity contribution in [2.75, 3.05) is 13.2 Å². The van der Waals surface area contributed by atoms with Gasteiger partial charge in [0.2, 0.25) is 23.6 Å². The van der Waals surface area contributed by atoms with E-state index in [1.54, 1.807) is 6.20 Å². The van der Waals surface area contributed by atoms with Crippen molar-refractivity contribution in [3.63, 3.8) is 0 Å². The lowest BCUT2D eigenvalue weighted by Gasteiger charge is -2.20. The molecule has 0 aliphatic rings. The molecular formula is C21H28N6O7. The molecule has 0 saturated carbocycles. The largest absolute Gasteiger partial charge is 0.480 e. The number of carboxylic acid groups (broad SMARTS) is 1. The van der Waals surface area contributed by atoms with Gasteiger partial charge < -0.3 is 42.6 Å². The molecule has 13 nitrogen and oxygen atoms in total. The second-order valence-electron chi connectivity index (χ2n) is 7.59. The number of hydrogen-bond donors (Lipinski definition) is 8. The first-order chi connectivity index (χ1) is 16.1. The van der Waals surface area contributed by atoms with Crippen LogP contribution in [0.5, 0.6) is 0 Å². The minimum Gasteiger partial charge on any atom is -0.480 e. The summed E-state index contributed by atoms with van der Waals surface area (Å²) >= 11 is 0. The Morgan fingerprint density at radius 3 is 2.38 bits per heavy atom. The third kappa shape index (κ3) is 7.56. The van der Waals surface area contributed by atoms with E-state index >= 15 is 0 Å². The highest BCUT2D eigenvalue weighted by Gasteiger charge is 2.27. The molecule has 0 aliphatic carbocycles. The van der Waals surface area contributed by atoms with Crippen LogP contribution in [0.15, 0.2) is 30.5 Å². The van der Waals surface area contributed by atoms with Crippen molar-refractivity contribution >= 4 is 40.5 Å². The Morgan fingerprint density at radius 2 is 1.74 bits per heavy atom. The summed E-state index contributed by atoms with van der Waals surface area (Å²) in [7, 11) is 0. The predicted octanol–water partition coefficient (Wildman–Crippen LogP) is -2.53. The molecule has 1 aromatic carbocycles. The molecule has 4 amide bonds. The number of aliphatic hydroxyl groups is 1. The van der Waals surface area contributed by atoms with E-state index in [1.165, 1.54) is 0 Å². The second kappa shape index (κ2) is 12.3. The number of aliphatic hydroxyl groups excluding tert-OH is 1. The quantitative estimate of drug-likeness (QED) is 0.153. The lowest BCUT2D eigenvalue weighted by atomic mass is 10.1. The van der Waals surface area contributed by atoms with Crippen LogP contribution in [-0.4, -0.2) is 76.1 Å². The number of nitrogens with two attached hydrogens (primary N) is 2. The molecule has 0 spiro atoms. The average molecular weight is 476 g/mol. The van der Waals surface area contributed by atoms with Gasteiger partial charge in [-0.15, -0.1) is 0 Å². The summed E-state index contributed by atoms with van der Waals surface area (Å²) in [5.74, 6) is -4.51. The van der Waals surface area contributed by atoms with Gasteiger partial charge in [-0.25, -0.2) is 4.79 Å². The molecule has 3 unspecified atom stereocenters. The lowest BCUT2D eigenvalue weighted by molar-refractivity contribution is -0.143. The SMILES string of the molecule is NC(=O)CCC(NC(=O)CNC(=O)C(N)Cc1c[nH]c2ccccc12)C(=O)NC(CO)C(=O)O. The number of aromatic amines is 1. The van der Waals surface area contributed by atoms with Crippen molar-refractivity contribution in [1.29, 1.82) is 0 Å². The maximum Gasteiger partial charge on any atom is 0.328 e. The molecule has 1 heterocycles. The molecule has 34 heavy (non-hydrogen) atoms. The number of H-pyrrole nitrogens is 1. The van der Waals surface area contributed by atoms with Crippen molar-refractivity contribution < 1.29 is 34.2 Å². The van der Waals surface area contributed by atoms with Crippen LogP contribution in [-0.2, 0) is 30.4 Å². The number of aromatic nitrogens is 1. The normalized spacial score (nSPS) is 13.5. The molecule has 184 valence electrons. The minimum absolute atomic E-state index is 0.210. The van der Waals surface area contributed by atoms with E-state index in [4.69, 9.17) is 21.7 Å². The zero-order valence-electron chi connectivity index (χ0n) is 18.2. The third-order valence-corrected chi connectivity index (χ3v) is 5.00. The predicted molar refractivity (Wildman–Crippen MR) is 120 cm³/mol. The Balaban J connectivity index is 1.91.